The minimum atomic E-state index is -0.791. The number of nitrogens with one attached hydrogen (secondary N) is 1. The van der Waals surface area contributed by atoms with Gasteiger partial charge in [-0.15, -0.1) is 0 Å². The maximum absolute atomic E-state index is 12.0. The molecule has 0 saturated carbocycles. The topological polar surface area (TPSA) is 92.5 Å². The number of hydrogen-bond donors (Lipinski definition) is 2. The summed E-state index contributed by atoms with van der Waals surface area (Å²) in [6.45, 7) is 1.66. The minimum absolute atomic E-state index is 0.0528. The number of nitrogens with zero attached hydrogens (tertiary/aromatic N) is 1. The number of thiophene rings is 1. The van der Waals surface area contributed by atoms with Crippen molar-refractivity contribution in [2.75, 3.05) is 6.54 Å². The lowest BCUT2D eigenvalue weighted by Gasteiger charge is -2.10. The molecule has 0 bridgehead atoms. The zero-order chi connectivity index (χ0) is 15.4. The Hall–Kier alpha value is -2.25. The van der Waals surface area contributed by atoms with Crippen molar-refractivity contribution < 1.29 is 14.8 Å². The Balaban J connectivity index is 2.04. The van der Waals surface area contributed by atoms with Crippen molar-refractivity contribution in [3.63, 3.8) is 0 Å². The number of amides is 1. The van der Waals surface area contributed by atoms with E-state index in [1.54, 1.807) is 18.4 Å². The molecule has 7 heteroatoms. The third kappa shape index (κ3) is 3.65. The summed E-state index contributed by atoms with van der Waals surface area (Å²) in [7, 11) is 0. The zero-order valence-corrected chi connectivity index (χ0v) is 12.1. The van der Waals surface area contributed by atoms with Crippen LogP contribution in [0.2, 0.25) is 0 Å². The summed E-state index contributed by atoms with van der Waals surface area (Å²) in [5.74, 6) is -0.452. The third-order valence-electron chi connectivity index (χ3n) is 3.05. The van der Waals surface area contributed by atoms with Crippen LogP contribution in [-0.4, -0.2) is 22.5 Å². The summed E-state index contributed by atoms with van der Waals surface area (Å²) in [5.41, 5.74) is 1.33. The summed E-state index contributed by atoms with van der Waals surface area (Å²) < 4.78 is 0. The molecule has 1 unspecified atom stereocenters. The first-order valence-corrected chi connectivity index (χ1v) is 7.16. The Kier molecular flexibility index (Phi) is 4.66. The number of nitro benzene ring substituents is 1. The highest BCUT2D eigenvalue weighted by Gasteiger charge is 2.16. The maximum Gasteiger partial charge on any atom is 0.273 e. The van der Waals surface area contributed by atoms with Crippen molar-refractivity contribution >= 4 is 22.9 Å². The van der Waals surface area contributed by atoms with Crippen LogP contribution < -0.4 is 5.32 Å². The first-order chi connectivity index (χ1) is 9.99. The molecule has 2 N–H and O–H groups in total. The molecule has 1 atom stereocenters. The van der Waals surface area contributed by atoms with Crippen LogP contribution in [0.15, 0.2) is 35.0 Å². The molecule has 0 radical (unpaired) electrons. The second kappa shape index (κ2) is 6.47. The second-order valence-corrected chi connectivity index (χ2v) is 5.32. The van der Waals surface area contributed by atoms with Gasteiger partial charge in [0.1, 0.15) is 0 Å². The number of rotatable bonds is 5. The van der Waals surface area contributed by atoms with Crippen molar-refractivity contribution in [2.24, 2.45) is 0 Å². The second-order valence-electron chi connectivity index (χ2n) is 4.54. The van der Waals surface area contributed by atoms with Crippen LogP contribution in [-0.2, 0) is 0 Å². The van der Waals surface area contributed by atoms with E-state index in [1.807, 2.05) is 5.38 Å². The van der Waals surface area contributed by atoms with Gasteiger partial charge in [0.15, 0.2) is 0 Å². The molecule has 1 amide bonds. The molecular formula is C14H14N2O4S. The highest BCUT2D eigenvalue weighted by molar-refractivity contribution is 7.07. The summed E-state index contributed by atoms with van der Waals surface area (Å²) in [4.78, 5) is 22.3. The quantitative estimate of drug-likeness (QED) is 0.655. The third-order valence-corrected chi connectivity index (χ3v) is 3.75. The average molecular weight is 306 g/mol. The van der Waals surface area contributed by atoms with Crippen LogP contribution in [0.4, 0.5) is 5.69 Å². The van der Waals surface area contributed by atoms with Crippen LogP contribution >= 0.6 is 11.3 Å². The standard InChI is InChI=1S/C14H14N2O4S/c1-9-2-3-10(6-12(9)16(19)20)14(18)15-7-13(17)11-4-5-21-8-11/h2-6,8,13,17H,7H2,1H3,(H,15,18). The molecule has 0 spiro atoms. The molecule has 1 heterocycles. The minimum Gasteiger partial charge on any atom is -0.387 e. The Morgan fingerprint density at radius 3 is 2.86 bits per heavy atom. The fourth-order valence-corrected chi connectivity index (χ4v) is 2.53. The predicted octanol–water partition coefficient (Wildman–Crippen LogP) is 2.43. The molecule has 2 rings (SSSR count). The monoisotopic (exact) mass is 306 g/mol. The molecule has 1 aromatic heterocycles. The number of carbonyl (C=O) groups excluding carboxylic acids is 1. The van der Waals surface area contributed by atoms with Gasteiger partial charge in [0.05, 0.1) is 11.0 Å². The van der Waals surface area contributed by atoms with Crippen molar-refractivity contribution in [3.8, 4) is 0 Å². The molecule has 1 aromatic carbocycles. The van der Waals surface area contributed by atoms with Crippen LogP contribution in [0.3, 0.4) is 0 Å². The summed E-state index contributed by atoms with van der Waals surface area (Å²) in [6, 6.07) is 6.07. The largest absolute Gasteiger partial charge is 0.387 e. The van der Waals surface area contributed by atoms with Gasteiger partial charge in [0.25, 0.3) is 11.6 Å². The van der Waals surface area contributed by atoms with Crippen LogP contribution in [0.25, 0.3) is 0 Å². The maximum atomic E-state index is 12.0. The summed E-state index contributed by atoms with van der Waals surface area (Å²) in [6.07, 6.45) is -0.791. The van der Waals surface area contributed by atoms with Crippen molar-refractivity contribution in [3.05, 3.63) is 61.8 Å². The van der Waals surface area contributed by atoms with E-state index in [0.717, 1.165) is 5.56 Å². The van der Waals surface area contributed by atoms with Crippen molar-refractivity contribution in [1.29, 1.82) is 0 Å². The first kappa shape index (κ1) is 15.1. The predicted molar refractivity (Wildman–Crippen MR) is 79.4 cm³/mol. The average Bonchev–Trinajstić information content (AvgIpc) is 2.98. The molecule has 0 aliphatic heterocycles. The highest BCUT2D eigenvalue weighted by Crippen LogP contribution is 2.19. The molecule has 2 aromatic rings. The molecule has 0 aliphatic rings. The van der Waals surface area contributed by atoms with E-state index in [4.69, 9.17) is 0 Å². The van der Waals surface area contributed by atoms with Gasteiger partial charge in [0, 0.05) is 23.7 Å². The van der Waals surface area contributed by atoms with Gasteiger partial charge >= 0.3 is 0 Å². The molecule has 0 fully saturated rings. The van der Waals surface area contributed by atoms with E-state index in [1.165, 1.54) is 29.5 Å². The van der Waals surface area contributed by atoms with E-state index in [0.29, 0.717) is 5.56 Å². The van der Waals surface area contributed by atoms with Crippen molar-refractivity contribution in [1.82, 2.24) is 5.32 Å². The lowest BCUT2D eigenvalue weighted by Crippen LogP contribution is -2.28. The Bertz CT molecular complexity index is 655. The number of aryl methyl sites for hydroxylation is 1. The number of carbonyl (C=O) groups is 1. The van der Waals surface area contributed by atoms with E-state index in [2.05, 4.69) is 5.32 Å². The SMILES string of the molecule is Cc1ccc(C(=O)NCC(O)c2ccsc2)cc1[N+](=O)[O-]. The van der Waals surface area contributed by atoms with Gasteiger partial charge in [0.2, 0.25) is 0 Å². The van der Waals surface area contributed by atoms with Crippen LogP contribution in [0.5, 0.6) is 0 Å². The van der Waals surface area contributed by atoms with Gasteiger partial charge in [-0.1, -0.05) is 6.07 Å². The van der Waals surface area contributed by atoms with Gasteiger partial charge in [-0.2, -0.15) is 11.3 Å². The number of benzene rings is 1. The van der Waals surface area contributed by atoms with Crippen molar-refractivity contribution in [2.45, 2.75) is 13.0 Å². The normalized spacial score (nSPS) is 11.9. The Morgan fingerprint density at radius 2 is 2.24 bits per heavy atom. The van der Waals surface area contributed by atoms with E-state index < -0.39 is 16.9 Å². The van der Waals surface area contributed by atoms with Gasteiger partial charge in [-0.05, 0) is 35.4 Å². The number of nitro groups is 1. The van der Waals surface area contributed by atoms with Gasteiger partial charge in [-0.3, -0.25) is 14.9 Å². The molecule has 21 heavy (non-hydrogen) atoms. The molecule has 110 valence electrons. The first-order valence-electron chi connectivity index (χ1n) is 6.22. The Morgan fingerprint density at radius 1 is 1.48 bits per heavy atom. The summed E-state index contributed by atoms with van der Waals surface area (Å²) >= 11 is 1.46. The fraction of sp³-hybridized carbons (Fsp3) is 0.214. The van der Waals surface area contributed by atoms with E-state index in [9.17, 15) is 20.0 Å². The lowest BCUT2D eigenvalue weighted by molar-refractivity contribution is -0.385. The lowest BCUT2D eigenvalue weighted by atomic mass is 10.1. The number of aliphatic hydroxyl groups excluding tert-OH is 1. The summed E-state index contributed by atoms with van der Waals surface area (Å²) in [5, 5.41) is 26.9. The molecular weight excluding hydrogens is 292 g/mol. The number of aliphatic hydroxyl groups is 1. The number of hydrogen-bond acceptors (Lipinski definition) is 5. The Labute approximate surface area is 125 Å². The molecule has 0 saturated heterocycles. The van der Waals surface area contributed by atoms with Crippen LogP contribution in [0.1, 0.15) is 27.6 Å². The van der Waals surface area contributed by atoms with E-state index in [-0.39, 0.29) is 17.8 Å². The van der Waals surface area contributed by atoms with Gasteiger partial charge in [-0.25, -0.2) is 0 Å². The van der Waals surface area contributed by atoms with Crippen LogP contribution in [0, 0.1) is 17.0 Å². The molecule has 6 nitrogen and oxygen atoms in total. The smallest absolute Gasteiger partial charge is 0.273 e. The fourth-order valence-electron chi connectivity index (χ4n) is 1.82. The van der Waals surface area contributed by atoms with Gasteiger partial charge < -0.3 is 10.4 Å². The highest BCUT2D eigenvalue weighted by atomic mass is 32.1. The zero-order valence-electron chi connectivity index (χ0n) is 11.3. The molecule has 0 aliphatic carbocycles. The van der Waals surface area contributed by atoms with E-state index >= 15 is 0 Å².